The SMILES string of the molecule is NC(=O)[C@H](Cc1ccccc1)NC(=O)[C@H](CCCN=C(N)N)NC(=O)[C@H](CCCN=C(N)N)NC(=O)[C@H](Cc1cc2ccccc2[nH]1)NC(=O)CNC([O-])=C1C=CC=C1. The number of nitrogens with one attached hydrogen (secondary N) is 6. The first-order chi connectivity index (χ1) is 28.3. The first-order valence-corrected chi connectivity index (χ1v) is 19.0. The summed E-state index contributed by atoms with van der Waals surface area (Å²) in [6, 6.07) is 13.4. The lowest BCUT2D eigenvalue weighted by molar-refractivity contribution is -0.312. The number of allylic oxidation sites excluding steroid dienone is 5. The molecule has 0 saturated heterocycles. The molecular formula is C40H52N13O6-. The second-order valence-corrected chi connectivity index (χ2v) is 13.7. The molecule has 19 nitrogen and oxygen atoms in total. The molecule has 3 aromatic rings. The summed E-state index contributed by atoms with van der Waals surface area (Å²) >= 11 is 0. The molecule has 1 heterocycles. The third-order valence-electron chi connectivity index (χ3n) is 9.09. The summed E-state index contributed by atoms with van der Waals surface area (Å²) in [5.41, 5.74) is 30.1. The average Bonchev–Trinajstić information content (AvgIpc) is 3.89. The Balaban J connectivity index is 1.56. The number of para-hydroxylation sites is 1. The maximum Gasteiger partial charge on any atom is 0.243 e. The largest absolute Gasteiger partial charge is 0.860 e. The van der Waals surface area contributed by atoms with Gasteiger partial charge in [-0.3, -0.25) is 34.0 Å². The smallest absolute Gasteiger partial charge is 0.243 e. The molecular weight excluding hydrogens is 759 g/mol. The van der Waals surface area contributed by atoms with Crippen molar-refractivity contribution in [2.45, 2.75) is 62.7 Å². The highest BCUT2D eigenvalue weighted by Crippen LogP contribution is 2.16. The van der Waals surface area contributed by atoms with E-state index < -0.39 is 66.1 Å². The number of H-pyrrole nitrogens is 1. The Kier molecular flexibility index (Phi) is 16.9. The van der Waals surface area contributed by atoms with Crippen molar-refractivity contribution in [1.82, 2.24) is 31.6 Å². The standard InChI is InChI=1S/C40H53N13O6/c41-34(55)31(20-24-10-2-1-3-11-24)53-37(58)30(17-9-19-47-40(44)45)51-36(57)29(16-8-18-46-39(42)43)52-38(59)32(22-27-21-26-14-6-7-15-28(26)49-27)50-33(54)23-48-35(56)25-12-4-5-13-25/h1-7,10-15,21,29-32,48-49,56H,8-9,16-20,22-23H2,(H2,41,55)(H,50,54)(H,51,57)(H,52,59)(H,53,58)(H4,42,43,46)(H4,44,45,47)/p-1/t29-,30-,31-,32-/m0/s1. The number of benzene rings is 2. The predicted molar refractivity (Wildman–Crippen MR) is 222 cm³/mol. The molecule has 1 aliphatic carbocycles. The predicted octanol–water partition coefficient (Wildman–Crippen LogP) is -2.23. The van der Waals surface area contributed by atoms with Gasteiger partial charge >= 0.3 is 0 Å². The summed E-state index contributed by atoms with van der Waals surface area (Å²) in [5.74, 6) is -4.43. The van der Waals surface area contributed by atoms with Crippen molar-refractivity contribution >= 4 is 52.4 Å². The molecule has 0 radical (unpaired) electrons. The third-order valence-corrected chi connectivity index (χ3v) is 9.09. The molecule has 59 heavy (non-hydrogen) atoms. The number of carbonyl (C=O) groups excluding carboxylic acids is 5. The van der Waals surface area contributed by atoms with Crippen LogP contribution in [0, 0.1) is 0 Å². The number of amides is 5. The van der Waals surface area contributed by atoms with Gasteiger partial charge in [0.2, 0.25) is 29.5 Å². The van der Waals surface area contributed by atoms with Gasteiger partial charge in [-0.25, -0.2) is 0 Å². The van der Waals surface area contributed by atoms with Crippen molar-refractivity contribution < 1.29 is 29.1 Å². The fourth-order valence-electron chi connectivity index (χ4n) is 6.14. The molecule has 19 heteroatoms. The van der Waals surface area contributed by atoms with E-state index in [1.54, 1.807) is 54.6 Å². The van der Waals surface area contributed by atoms with E-state index in [0.29, 0.717) is 11.3 Å². The van der Waals surface area contributed by atoms with Gasteiger partial charge in [0.25, 0.3) is 0 Å². The van der Waals surface area contributed by atoms with E-state index in [1.807, 2.05) is 30.3 Å². The van der Waals surface area contributed by atoms with E-state index in [4.69, 9.17) is 28.7 Å². The minimum absolute atomic E-state index is 0.0113. The van der Waals surface area contributed by atoms with Crippen molar-refractivity contribution in [1.29, 1.82) is 0 Å². The summed E-state index contributed by atoms with van der Waals surface area (Å²) in [6.45, 7) is -0.190. The minimum atomic E-state index is -1.26. The van der Waals surface area contributed by atoms with E-state index >= 15 is 0 Å². The Morgan fingerprint density at radius 3 is 1.76 bits per heavy atom. The van der Waals surface area contributed by atoms with Gasteiger partial charge in [0, 0.05) is 37.1 Å². The molecule has 5 amide bonds. The van der Waals surface area contributed by atoms with Gasteiger partial charge < -0.3 is 65.3 Å². The van der Waals surface area contributed by atoms with Crippen molar-refractivity contribution in [3.63, 3.8) is 0 Å². The number of aromatic nitrogens is 1. The molecule has 0 fully saturated rings. The molecule has 4 rings (SSSR count). The normalized spacial score (nSPS) is 13.7. The van der Waals surface area contributed by atoms with Crippen LogP contribution < -0.4 is 60.4 Å². The molecule has 4 atom stereocenters. The highest BCUT2D eigenvalue weighted by atomic mass is 16.3. The number of carbonyl (C=O) groups is 5. The number of nitrogens with two attached hydrogens (primary N) is 5. The van der Waals surface area contributed by atoms with E-state index in [2.05, 4.69) is 41.6 Å². The summed E-state index contributed by atoms with van der Waals surface area (Å²) in [5, 5.41) is 26.7. The molecule has 0 spiro atoms. The lowest BCUT2D eigenvalue weighted by atomic mass is 10.0. The third kappa shape index (κ3) is 14.9. The van der Waals surface area contributed by atoms with Gasteiger partial charge in [-0.2, -0.15) is 0 Å². The van der Waals surface area contributed by atoms with E-state index in [0.717, 1.165) is 16.5 Å². The van der Waals surface area contributed by atoms with E-state index in [1.165, 1.54) is 0 Å². The second kappa shape index (κ2) is 22.4. The van der Waals surface area contributed by atoms with Gasteiger partial charge in [0.15, 0.2) is 11.9 Å². The molecule has 0 aliphatic heterocycles. The minimum Gasteiger partial charge on any atom is -0.860 e. The Hall–Kier alpha value is -7.31. The van der Waals surface area contributed by atoms with Crippen LogP contribution in [0.15, 0.2) is 106 Å². The number of guanidine groups is 2. The number of nitrogens with zero attached hydrogens (tertiary/aromatic N) is 2. The lowest BCUT2D eigenvalue weighted by Crippen LogP contribution is -2.58. The van der Waals surface area contributed by atoms with Crippen LogP contribution in [0.3, 0.4) is 0 Å². The summed E-state index contributed by atoms with van der Waals surface area (Å²) < 4.78 is 0. The Bertz CT molecular complexity index is 2040. The van der Waals surface area contributed by atoms with Crippen LogP contribution in [-0.4, -0.2) is 90.2 Å². The van der Waals surface area contributed by atoms with Crippen molar-refractivity contribution in [3.8, 4) is 0 Å². The number of hydrogen-bond donors (Lipinski definition) is 11. The molecule has 0 unspecified atom stereocenters. The highest BCUT2D eigenvalue weighted by molar-refractivity contribution is 5.96. The first kappa shape index (κ1) is 44.4. The summed E-state index contributed by atoms with van der Waals surface area (Å²) in [4.78, 5) is 78.8. The summed E-state index contributed by atoms with van der Waals surface area (Å²) in [7, 11) is 0. The van der Waals surface area contributed by atoms with E-state index in [-0.39, 0.29) is 63.5 Å². The van der Waals surface area contributed by atoms with Crippen LogP contribution in [-0.2, 0) is 36.8 Å². The van der Waals surface area contributed by atoms with Crippen LogP contribution >= 0.6 is 0 Å². The number of fused-ring (bicyclic) bond motifs is 1. The summed E-state index contributed by atoms with van der Waals surface area (Å²) in [6.07, 6.45) is 7.16. The zero-order chi connectivity index (χ0) is 42.7. The highest BCUT2D eigenvalue weighted by Gasteiger charge is 2.31. The van der Waals surface area contributed by atoms with E-state index in [9.17, 15) is 29.1 Å². The molecule has 0 bridgehead atoms. The fraction of sp³-hybridized carbons (Fsp3) is 0.325. The van der Waals surface area contributed by atoms with Gasteiger partial charge in [0.05, 0.1) is 6.54 Å². The average molecular weight is 811 g/mol. The van der Waals surface area contributed by atoms with Crippen molar-refractivity contribution in [2.24, 2.45) is 38.7 Å². The first-order valence-electron chi connectivity index (χ1n) is 19.0. The zero-order valence-corrected chi connectivity index (χ0v) is 32.5. The quantitative estimate of drug-likeness (QED) is 0.0211. The number of primary amides is 1. The number of aromatic amines is 1. The molecule has 314 valence electrons. The fourth-order valence-corrected chi connectivity index (χ4v) is 6.14. The molecule has 16 N–H and O–H groups in total. The van der Waals surface area contributed by atoms with Gasteiger partial charge in [-0.1, -0.05) is 72.8 Å². The number of hydrogen-bond acceptors (Lipinski definition) is 9. The van der Waals surface area contributed by atoms with Crippen LogP contribution in [0.1, 0.15) is 36.9 Å². The second-order valence-electron chi connectivity index (χ2n) is 13.7. The number of rotatable bonds is 23. The molecule has 1 aromatic heterocycles. The number of aliphatic imine (C=N–C) groups is 2. The van der Waals surface area contributed by atoms with Crippen LogP contribution in [0.5, 0.6) is 0 Å². The Labute approximate surface area is 341 Å². The Morgan fingerprint density at radius 1 is 0.661 bits per heavy atom. The van der Waals surface area contributed by atoms with Gasteiger partial charge in [0.1, 0.15) is 24.2 Å². The monoisotopic (exact) mass is 810 g/mol. The zero-order valence-electron chi connectivity index (χ0n) is 32.5. The topological polar surface area (TPSA) is 339 Å². The van der Waals surface area contributed by atoms with Crippen LogP contribution in [0.25, 0.3) is 10.9 Å². The maximum absolute atomic E-state index is 14.1. The Morgan fingerprint density at radius 2 is 1.20 bits per heavy atom. The molecule has 0 saturated carbocycles. The lowest BCUT2D eigenvalue weighted by Gasteiger charge is -2.26. The van der Waals surface area contributed by atoms with Crippen LogP contribution in [0.4, 0.5) is 0 Å². The molecule has 1 aliphatic rings. The molecule has 2 aromatic carbocycles. The van der Waals surface area contributed by atoms with Crippen molar-refractivity contribution in [2.75, 3.05) is 19.6 Å². The van der Waals surface area contributed by atoms with Crippen molar-refractivity contribution in [3.05, 3.63) is 108 Å². The van der Waals surface area contributed by atoms with Gasteiger partial charge in [-0.05, 0) is 60.2 Å². The van der Waals surface area contributed by atoms with Gasteiger partial charge in [-0.15, -0.1) is 0 Å². The van der Waals surface area contributed by atoms with Crippen LogP contribution in [0.2, 0.25) is 0 Å². The maximum atomic E-state index is 14.1.